The Balaban J connectivity index is 2.12. The van der Waals surface area contributed by atoms with Crippen molar-refractivity contribution in [3.05, 3.63) is 100 Å². The SMILES string of the molecule is CCOC(=O)c1cc(-c2ccccc2)n(-c2cc(Cl)ccc2CC(=O)NC)c1-c1cccc(Cl)c1. The number of likely N-dealkylation sites (N-methyl/N-ethyl adjacent to an activating group) is 1. The van der Waals surface area contributed by atoms with Gasteiger partial charge in [0.25, 0.3) is 0 Å². The topological polar surface area (TPSA) is 60.3 Å². The van der Waals surface area contributed by atoms with Crippen LogP contribution in [0.3, 0.4) is 0 Å². The lowest BCUT2D eigenvalue weighted by Crippen LogP contribution is -2.21. The number of benzene rings is 3. The van der Waals surface area contributed by atoms with Crippen LogP contribution >= 0.6 is 23.2 Å². The van der Waals surface area contributed by atoms with Gasteiger partial charge >= 0.3 is 5.97 Å². The highest BCUT2D eigenvalue weighted by Crippen LogP contribution is 2.39. The van der Waals surface area contributed by atoms with E-state index in [1.165, 1.54) is 0 Å². The van der Waals surface area contributed by atoms with Crippen molar-refractivity contribution in [2.75, 3.05) is 13.7 Å². The van der Waals surface area contributed by atoms with Crippen molar-refractivity contribution in [2.24, 2.45) is 0 Å². The van der Waals surface area contributed by atoms with Crippen molar-refractivity contribution in [3.8, 4) is 28.2 Å². The van der Waals surface area contributed by atoms with Gasteiger partial charge in [-0.25, -0.2) is 4.79 Å². The van der Waals surface area contributed by atoms with E-state index in [1.54, 1.807) is 38.2 Å². The first kappa shape index (κ1) is 24.6. The molecule has 0 fully saturated rings. The van der Waals surface area contributed by atoms with Crippen molar-refractivity contribution in [2.45, 2.75) is 13.3 Å². The van der Waals surface area contributed by atoms with E-state index in [2.05, 4.69) is 5.32 Å². The average Bonchev–Trinajstić information content (AvgIpc) is 3.26. The number of amides is 1. The minimum absolute atomic E-state index is 0.138. The second-order valence-corrected chi connectivity index (χ2v) is 8.72. The van der Waals surface area contributed by atoms with Gasteiger partial charge in [0.1, 0.15) is 0 Å². The van der Waals surface area contributed by atoms with Crippen molar-refractivity contribution in [1.82, 2.24) is 9.88 Å². The Morgan fingerprint density at radius 2 is 1.60 bits per heavy atom. The van der Waals surface area contributed by atoms with Crippen LogP contribution in [0.25, 0.3) is 28.2 Å². The van der Waals surface area contributed by atoms with Crippen LogP contribution in [0.1, 0.15) is 22.8 Å². The van der Waals surface area contributed by atoms with E-state index in [4.69, 9.17) is 27.9 Å². The van der Waals surface area contributed by atoms with Crippen LogP contribution < -0.4 is 5.32 Å². The van der Waals surface area contributed by atoms with Gasteiger partial charge in [-0.2, -0.15) is 0 Å². The highest BCUT2D eigenvalue weighted by Gasteiger charge is 2.26. The molecule has 5 nitrogen and oxygen atoms in total. The zero-order valence-electron chi connectivity index (χ0n) is 19.3. The Morgan fingerprint density at radius 1 is 0.886 bits per heavy atom. The molecule has 0 aliphatic heterocycles. The molecular weight excluding hydrogens is 483 g/mol. The molecular formula is C28H24Cl2N2O3. The van der Waals surface area contributed by atoms with Crippen molar-refractivity contribution >= 4 is 35.1 Å². The summed E-state index contributed by atoms with van der Waals surface area (Å²) < 4.78 is 7.38. The molecule has 0 aliphatic rings. The molecule has 7 heteroatoms. The fourth-order valence-electron chi connectivity index (χ4n) is 4.02. The van der Waals surface area contributed by atoms with E-state index >= 15 is 0 Å². The summed E-state index contributed by atoms with van der Waals surface area (Å²) in [6, 6.07) is 24.2. The number of carbonyl (C=O) groups is 2. The van der Waals surface area contributed by atoms with Gasteiger partial charge in [0, 0.05) is 22.7 Å². The minimum Gasteiger partial charge on any atom is -0.462 e. The number of esters is 1. The molecule has 0 saturated heterocycles. The Morgan fingerprint density at radius 3 is 2.29 bits per heavy atom. The molecule has 0 atom stereocenters. The van der Waals surface area contributed by atoms with Crippen molar-refractivity contribution in [1.29, 1.82) is 0 Å². The maximum Gasteiger partial charge on any atom is 0.340 e. The summed E-state index contributed by atoms with van der Waals surface area (Å²) in [5.41, 5.74) is 4.80. The summed E-state index contributed by atoms with van der Waals surface area (Å²) in [6.45, 7) is 2.00. The van der Waals surface area contributed by atoms with Gasteiger partial charge < -0.3 is 14.6 Å². The quantitative estimate of drug-likeness (QED) is 0.288. The molecule has 0 saturated carbocycles. The zero-order chi connectivity index (χ0) is 24.9. The first-order chi connectivity index (χ1) is 16.9. The molecule has 1 amide bonds. The summed E-state index contributed by atoms with van der Waals surface area (Å²) in [7, 11) is 1.60. The van der Waals surface area contributed by atoms with Gasteiger partial charge in [-0.1, -0.05) is 71.7 Å². The molecule has 1 N–H and O–H groups in total. The maximum absolute atomic E-state index is 13.2. The van der Waals surface area contributed by atoms with E-state index in [0.29, 0.717) is 27.0 Å². The molecule has 0 aliphatic carbocycles. The first-order valence-electron chi connectivity index (χ1n) is 11.2. The maximum atomic E-state index is 13.2. The monoisotopic (exact) mass is 506 g/mol. The van der Waals surface area contributed by atoms with Crippen molar-refractivity contribution < 1.29 is 14.3 Å². The van der Waals surface area contributed by atoms with Gasteiger partial charge in [0.2, 0.25) is 5.91 Å². The van der Waals surface area contributed by atoms with E-state index < -0.39 is 5.97 Å². The lowest BCUT2D eigenvalue weighted by Gasteiger charge is -2.19. The largest absolute Gasteiger partial charge is 0.462 e. The van der Waals surface area contributed by atoms with Gasteiger partial charge in [0.15, 0.2) is 0 Å². The molecule has 1 aromatic heterocycles. The van der Waals surface area contributed by atoms with Crippen molar-refractivity contribution in [3.63, 3.8) is 0 Å². The number of aromatic nitrogens is 1. The van der Waals surface area contributed by atoms with Crippen LogP contribution in [0.15, 0.2) is 78.9 Å². The lowest BCUT2D eigenvalue weighted by molar-refractivity contribution is -0.119. The highest BCUT2D eigenvalue weighted by atomic mass is 35.5. The molecule has 0 spiro atoms. The summed E-state index contributed by atoms with van der Waals surface area (Å²) in [6.07, 6.45) is 0.138. The summed E-state index contributed by atoms with van der Waals surface area (Å²) >= 11 is 12.8. The van der Waals surface area contributed by atoms with Crippen LogP contribution in [0.2, 0.25) is 10.0 Å². The first-order valence-corrected chi connectivity index (χ1v) is 11.9. The summed E-state index contributed by atoms with van der Waals surface area (Å²) in [5, 5.41) is 3.71. The highest BCUT2D eigenvalue weighted by molar-refractivity contribution is 6.31. The smallest absolute Gasteiger partial charge is 0.340 e. The molecule has 3 aromatic carbocycles. The third kappa shape index (κ3) is 5.26. The number of nitrogens with one attached hydrogen (secondary N) is 1. The third-order valence-corrected chi connectivity index (χ3v) is 6.05. The third-order valence-electron chi connectivity index (χ3n) is 5.58. The molecule has 0 unspecified atom stereocenters. The molecule has 35 heavy (non-hydrogen) atoms. The summed E-state index contributed by atoms with van der Waals surface area (Å²) in [5.74, 6) is -0.592. The van der Waals surface area contributed by atoms with Crippen LogP contribution in [-0.4, -0.2) is 30.1 Å². The molecule has 4 aromatic rings. The molecule has 178 valence electrons. The second kappa shape index (κ2) is 10.8. The van der Waals surface area contributed by atoms with E-state index in [1.807, 2.05) is 59.2 Å². The van der Waals surface area contributed by atoms with Crippen LogP contribution in [-0.2, 0) is 16.0 Å². The van der Waals surface area contributed by atoms with Gasteiger partial charge in [-0.3, -0.25) is 4.79 Å². The Kier molecular flexibility index (Phi) is 7.59. The Labute approximate surface area is 214 Å². The fourth-order valence-corrected chi connectivity index (χ4v) is 4.38. The van der Waals surface area contributed by atoms with E-state index in [9.17, 15) is 9.59 Å². The number of nitrogens with zero attached hydrogens (tertiary/aromatic N) is 1. The van der Waals surface area contributed by atoms with E-state index in [0.717, 1.165) is 22.4 Å². The second-order valence-electron chi connectivity index (χ2n) is 7.85. The Bertz CT molecular complexity index is 1380. The fraction of sp³-hybridized carbons (Fsp3) is 0.143. The average molecular weight is 507 g/mol. The van der Waals surface area contributed by atoms with Crippen LogP contribution in [0, 0.1) is 0 Å². The number of rotatable bonds is 7. The van der Waals surface area contributed by atoms with Gasteiger partial charge in [-0.05, 0) is 48.4 Å². The number of ether oxygens (including phenoxy) is 1. The normalized spacial score (nSPS) is 10.7. The minimum atomic E-state index is -0.451. The number of halogens is 2. The predicted octanol–water partition coefficient (Wildman–Crippen LogP) is 6.58. The van der Waals surface area contributed by atoms with Gasteiger partial charge in [-0.15, -0.1) is 0 Å². The number of carbonyl (C=O) groups excluding carboxylic acids is 2. The molecule has 0 bridgehead atoms. The molecule has 1 heterocycles. The van der Waals surface area contributed by atoms with Crippen LogP contribution in [0.5, 0.6) is 0 Å². The number of hydrogen-bond donors (Lipinski definition) is 1. The van der Waals surface area contributed by atoms with E-state index in [-0.39, 0.29) is 18.9 Å². The lowest BCUT2D eigenvalue weighted by atomic mass is 10.1. The van der Waals surface area contributed by atoms with Crippen LogP contribution in [0.4, 0.5) is 0 Å². The predicted molar refractivity (Wildman–Crippen MR) is 140 cm³/mol. The Hall–Kier alpha value is -3.54. The molecule has 0 radical (unpaired) electrons. The number of hydrogen-bond acceptors (Lipinski definition) is 3. The molecule has 4 rings (SSSR count). The zero-order valence-corrected chi connectivity index (χ0v) is 20.9. The summed E-state index contributed by atoms with van der Waals surface area (Å²) in [4.78, 5) is 25.5. The standard InChI is InChI=1S/C28H24Cl2N2O3/c1-3-35-28(34)23-17-25(18-8-5-4-6-9-18)32(27(23)20-10-7-11-21(29)14-20)24-16-22(30)13-12-19(24)15-26(33)31-2/h4-14,16-17H,3,15H2,1-2H3,(H,31,33). The van der Waals surface area contributed by atoms with Gasteiger partial charge in [0.05, 0.1) is 35.7 Å².